The molecule has 7 nitrogen and oxygen atoms in total. The predicted octanol–water partition coefficient (Wildman–Crippen LogP) is 4.63. The second-order valence-corrected chi connectivity index (χ2v) is 10.1. The van der Waals surface area contributed by atoms with Gasteiger partial charge in [0.05, 0.1) is 16.7 Å². The van der Waals surface area contributed by atoms with E-state index in [0.29, 0.717) is 11.0 Å². The zero-order valence-electron chi connectivity index (χ0n) is 18.3. The number of hydrogen-bond donors (Lipinski definition) is 2. The lowest BCUT2D eigenvalue weighted by Gasteiger charge is -2.14. The van der Waals surface area contributed by atoms with Crippen LogP contribution >= 0.6 is 11.8 Å². The standard InChI is InChI=1S/C25H23N3O4S2/c1-17(18-12-14-21(15-13-18)34(26,30)31)27-22(29)16-33-25-28-23(19-8-4-2-5-9-19)24(32-25)20-10-6-3-7-11-20/h2-15,17H,16H2,1H3,(H,27,29)(H2,26,30,31). The molecular formula is C25H23N3O4S2. The van der Waals surface area contributed by atoms with E-state index >= 15 is 0 Å². The van der Waals surface area contributed by atoms with E-state index in [2.05, 4.69) is 10.3 Å². The fourth-order valence-electron chi connectivity index (χ4n) is 3.38. The van der Waals surface area contributed by atoms with Gasteiger partial charge in [-0.25, -0.2) is 18.5 Å². The number of rotatable bonds is 8. The van der Waals surface area contributed by atoms with Crippen LogP contribution in [0.2, 0.25) is 0 Å². The summed E-state index contributed by atoms with van der Waals surface area (Å²) in [5.74, 6) is 0.564. The molecule has 0 aliphatic rings. The third-order valence-electron chi connectivity index (χ3n) is 5.10. The van der Waals surface area contributed by atoms with Gasteiger partial charge in [-0.05, 0) is 24.6 Å². The molecule has 4 rings (SSSR count). The van der Waals surface area contributed by atoms with Gasteiger partial charge in [-0.15, -0.1) is 0 Å². The smallest absolute Gasteiger partial charge is 0.257 e. The number of carbonyl (C=O) groups excluding carboxylic acids is 1. The van der Waals surface area contributed by atoms with Gasteiger partial charge in [0, 0.05) is 11.1 Å². The van der Waals surface area contributed by atoms with Crippen molar-refractivity contribution in [2.45, 2.75) is 23.1 Å². The Kier molecular flexibility index (Phi) is 7.16. The molecule has 3 aromatic carbocycles. The molecule has 0 aliphatic carbocycles. The van der Waals surface area contributed by atoms with Gasteiger partial charge in [-0.1, -0.05) is 84.6 Å². The Morgan fingerprint density at radius 2 is 1.56 bits per heavy atom. The third kappa shape index (κ3) is 5.74. The molecule has 4 aromatic rings. The highest BCUT2D eigenvalue weighted by molar-refractivity contribution is 7.99. The first-order valence-corrected chi connectivity index (χ1v) is 13.0. The van der Waals surface area contributed by atoms with Crippen LogP contribution in [0.4, 0.5) is 0 Å². The van der Waals surface area contributed by atoms with E-state index in [9.17, 15) is 13.2 Å². The molecule has 1 amide bonds. The highest BCUT2D eigenvalue weighted by Crippen LogP contribution is 2.35. The number of nitrogens with one attached hydrogen (secondary N) is 1. The molecule has 0 saturated carbocycles. The largest absolute Gasteiger partial charge is 0.431 e. The molecule has 0 radical (unpaired) electrons. The third-order valence-corrected chi connectivity index (χ3v) is 6.86. The summed E-state index contributed by atoms with van der Waals surface area (Å²) in [6, 6.07) is 25.3. The molecule has 9 heteroatoms. The van der Waals surface area contributed by atoms with Crippen molar-refractivity contribution >= 4 is 27.7 Å². The minimum Gasteiger partial charge on any atom is -0.431 e. The molecule has 1 heterocycles. The number of benzene rings is 3. The second kappa shape index (κ2) is 10.3. The molecule has 1 unspecified atom stereocenters. The van der Waals surface area contributed by atoms with Gasteiger partial charge < -0.3 is 9.73 Å². The maximum atomic E-state index is 12.5. The maximum absolute atomic E-state index is 12.5. The minimum atomic E-state index is -3.76. The van der Waals surface area contributed by atoms with E-state index in [-0.39, 0.29) is 22.6 Å². The van der Waals surface area contributed by atoms with Crippen LogP contribution in [0.15, 0.2) is 99.5 Å². The van der Waals surface area contributed by atoms with Crippen LogP contribution in [0, 0.1) is 0 Å². The van der Waals surface area contributed by atoms with Crippen LogP contribution in [-0.2, 0) is 14.8 Å². The van der Waals surface area contributed by atoms with E-state index in [4.69, 9.17) is 9.56 Å². The number of amides is 1. The highest BCUT2D eigenvalue weighted by atomic mass is 32.2. The Balaban J connectivity index is 1.45. The fraction of sp³-hybridized carbons (Fsp3) is 0.120. The number of aromatic nitrogens is 1. The summed E-state index contributed by atoms with van der Waals surface area (Å²) in [6.07, 6.45) is 0. The molecule has 0 fully saturated rings. The summed E-state index contributed by atoms with van der Waals surface area (Å²) in [7, 11) is -3.76. The van der Waals surface area contributed by atoms with E-state index in [0.717, 1.165) is 22.4 Å². The first-order chi connectivity index (χ1) is 16.3. The molecule has 1 atom stereocenters. The second-order valence-electron chi connectivity index (χ2n) is 7.58. The summed E-state index contributed by atoms with van der Waals surface area (Å²) < 4.78 is 28.9. The molecule has 0 spiro atoms. The van der Waals surface area contributed by atoms with Gasteiger partial charge in [0.2, 0.25) is 15.9 Å². The average molecular weight is 494 g/mol. The topological polar surface area (TPSA) is 115 Å². The Hall–Kier alpha value is -3.40. The van der Waals surface area contributed by atoms with Crippen LogP contribution in [0.1, 0.15) is 18.5 Å². The van der Waals surface area contributed by atoms with Crippen LogP contribution in [0.3, 0.4) is 0 Å². The van der Waals surface area contributed by atoms with Gasteiger partial charge in [-0.2, -0.15) is 0 Å². The fourth-order valence-corrected chi connectivity index (χ4v) is 4.53. The highest BCUT2D eigenvalue weighted by Gasteiger charge is 2.19. The van der Waals surface area contributed by atoms with Crippen molar-refractivity contribution in [2.24, 2.45) is 5.14 Å². The van der Waals surface area contributed by atoms with E-state index in [1.165, 1.54) is 23.9 Å². The maximum Gasteiger partial charge on any atom is 0.257 e. The molecule has 174 valence electrons. The molecule has 0 saturated heterocycles. The van der Waals surface area contributed by atoms with Crippen molar-refractivity contribution in [3.8, 4) is 22.6 Å². The molecule has 1 aromatic heterocycles. The van der Waals surface area contributed by atoms with Crippen LogP contribution in [0.5, 0.6) is 0 Å². The van der Waals surface area contributed by atoms with Gasteiger partial charge in [0.15, 0.2) is 5.76 Å². The summed E-state index contributed by atoms with van der Waals surface area (Å²) in [5, 5.41) is 8.43. The average Bonchev–Trinajstić information content (AvgIpc) is 3.28. The monoisotopic (exact) mass is 493 g/mol. The number of carbonyl (C=O) groups is 1. The van der Waals surface area contributed by atoms with Crippen LogP contribution in [-0.4, -0.2) is 25.1 Å². The van der Waals surface area contributed by atoms with E-state index < -0.39 is 10.0 Å². The Bertz CT molecular complexity index is 1310. The van der Waals surface area contributed by atoms with Gasteiger partial charge >= 0.3 is 0 Å². The predicted molar refractivity (Wildman–Crippen MR) is 132 cm³/mol. The van der Waals surface area contributed by atoms with Crippen molar-refractivity contribution < 1.29 is 17.6 Å². The first kappa shape index (κ1) is 23.7. The van der Waals surface area contributed by atoms with Gasteiger partial charge in [0.25, 0.3) is 5.22 Å². The van der Waals surface area contributed by atoms with E-state index in [1.807, 2.05) is 67.6 Å². The van der Waals surface area contributed by atoms with Crippen molar-refractivity contribution in [2.75, 3.05) is 5.75 Å². The lowest BCUT2D eigenvalue weighted by molar-refractivity contribution is -0.119. The SMILES string of the molecule is CC(NC(=O)CSc1nc(-c2ccccc2)c(-c2ccccc2)o1)c1ccc(S(N)(=O)=O)cc1. The quantitative estimate of drug-likeness (QED) is 0.346. The van der Waals surface area contributed by atoms with Crippen molar-refractivity contribution in [1.29, 1.82) is 0 Å². The first-order valence-electron chi connectivity index (χ1n) is 10.5. The van der Waals surface area contributed by atoms with Gasteiger partial charge in [0.1, 0.15) is 5.69 Å². The Labute approximate surface area is 202 Å². The molecule has 0 bridgehead atoms. The minimum absolute atomic E-state index is 0.0256. The van der Waals surface area contributed by atoms with Gasteiger partial charge in [-0.3, -0.25) is 4.79 Å². The Morgan fingerprint density at radius 1 is 0.971 bits per heavy atom. The molecular weight excluding hydrogens is 470 g/mol. The summed E-state index contributed by atoms with van der Waals surface area (Å²) in [4.78, 5) is 17.2. The summed E-state index contributed by atoms with van der Waals surface area (Å²) in [6.45, 7) is 1.82. The Morgan fingerprint density at radius 3 is 2.15 bits per heavy atom. The van der Waals surface area contributed by atoms with Crippen molar-refractivity contribution in [1.82, 2.24) is 10.3 Å². The number of thioether (sulfide) groups is 1. The number of hydrogen-bond acceptors (Lipinski definition) is 6. The van der Waals surface area contributed by atoms with Crippen LogP contribution in [0.25, 0.3) is 22.6 Å². The molecule has 0 aliphatic heterocycles. The number of primary sulfonamides is 1. The molecule has 34 heavy (non-hydrogen) atoms. The van der Waals surface area contributed by atoms with Crippen LogP contribution < -0.4 is 10.5 Å². The zero-order chi connectivity index (χ0) is 24.1. The number of nitrogens with two attached hydrogens (primary N) is 1. The number of nitrogens with zero attached hydrogens (tertiary/aromatic N) is 1. The normalized spacial score (nSPS) is 12.3. The lowest BCUT2D eigenvalue weighted by atomic mass is 10.1. The molecule has 3 N–H and O–H groups in total. The zero-order valence-corrected chi connectivity index (χ0v) is 20.0. The van der Waals surface area contributed by atoms with Crippen molar-refractivity contribution in [3.05, 3.63) is 90.5 Å². The van der Waals surface area contributed by atoms with E-state index in [1.54, 1.807) is 12.1 Å². The summed E-state index contributed by atoms with van der Waals surface area (Å²) >= 11 is 1.21. The van der Waals surface area contributed by atoms with Crippen molar-refractivity contribution in [3.63, 3.8) is 0 Å². The number of sulfonamides is 1. The number of oxazole rings is 1. The summed E-state index contributed by atoms with van der Waals surface area (Å²) in [5.41, 5.74) is 3.32. The lowest BCUT2D eigenvalue weighted by Crippen LogP contribution is -2.28.